The van der Waals surface area contributed by atoms with Gasteiger partial charge in [0, 0.05) is 22.3 Å². The largest absolute Gasteiger partial charge is 0.445 e. The van der Waals surface area contributed by atoms with Gasteiger partial charge < -0.3 is 8.94 Å². The van der Waals surface area contributed by atoms with E-state index in [1.54, 1.807) is 62.4 Å². The van der Waals surface area contributed by atoms with Crippen molar-refractivity contribution in [1.29, 1.82) is 0 Å². The summed E-state index contributed by atoms with van der Waals surface area (Å²) in [4.78, 5) is 15.4. The lowest BCUT2D eigenvalue weighted by Gasteiger charge is -2.15. The molecule has 0 atom stereocenters. The summed E-state index contributed by atoms with van der Waals surface area (Å²) < 4.78 is 39.9. The van der Waals surface area contributed by atoms with Crippen LogP contribution in [-0.4, -0.2) is 18.6 Å². The average Bonchev–Trinajstić information content (AvgIpc) is 3.54. The number of sulfonamides is 1. The lowest BCUT2D eigenvalue weighted by molar-refractivity contribution is -0.0993. The Morgan fingerprint density at radius 2 is 1.67 bits per heavy atom. The monoisotopic (exact) mass is 503 g/mol. The number of anilines is 1. The van der Waals surface area contributed by atoms with Crippen LogP contribution in [-0.2, 0) is 10.0 Å². The Balaban J connectivity index is 1.57. The Labute approximate surface area is 207 Å². The summed E-state index contributed by atoms with van der Waals surface area (Å²) in [7, 11) is -4.05. The van der Waals surface area contributed by atoms with E-state index < -0.39 is 10.0 Å². The first-order valence-electron chi connectivity index (χ1n) is 10.9. The van der Waals surface area contributed by atoms with E-state index in [1.165, 1.54) is 18.5 Å². The van der Waals surface area contributed by atoms with E-state index >= 15 is 0 Å². The second-order valence-electron chi connectivity index (χ2n) is 7.85. The lowest BCUT2D eigenvalue weighted by Crippen LogP contribution is -2.14. The number of hydrogen-bond donors (Lipinski definition) is 1. The number of rotatable bonds is 8. The SMILES string of the molecule is Cc1noc(NS(=O)(=O)c2ccccc2-c2ccc(-c3ncco3)cc2OOc2ccccc2)c1C. The molecule has 0 radical (unpaired) electrons. The summed E-state index contributed by atoms with van der Waals surface area (Å²) in [6.45, 7) is 3.46. The minimum Gasteiger partial charge on any atom is -0.445 e. The van der Waals surface area contributed by atoms with E-state index in [4.69, 9.17) is 18.7 Å². The number of nitrogens with one attached hydrogen (secondary N) is 1. The number of hydrogen-bond acceptors (Lipinski definition) is 8. The zero-order valence-electron chi connectivity index (χ0n) is 19.3. The second-order valence-corrected chi connectivity index (χ2v) is 9.50. The van der Waals surface area contributed by atoms with Crippen molar-refractivity contribution in [2.75, 3.05) is 4.72 Å². The molecule has 5 rings (SSSR count). The highest BCUT2D eigenvalue weighted by molar-refractivity contribution is 7.92. The fourth-order valence-electron chi connectivity index (χ4n) is 3.49. The summed E-state index contributed by atoms with van der Waals surface area (Å²) >= 11 is 0. The summed E-state index contributed by atoms with van der Waals surface area (Å²) in [6, 6.07) is 20.7. The van der Waals surface area contributed by atoms with Gasteiger partial charge in [-0.3, -0.25) is 9.78 Å². The van der Waals surface area contributed by atoms with Crippen molar-refractivity contribution >= 4 is 15.9 Å². The lowest BCUT2D eigenvalue weighted by atomic mass is 10.0. The Morgan fingerprint density at radius 1 is 0.889 bits per heavy atom. The van der Waals surface area contributed by atoms with Crippen LogP contribution in [0.2, 0.25) is 0 Å². The number of aromatic nitrogens is 2. The van der Waals surface area contributed by atoms with Crippen LogP contribution >= 0.6 is 0 Å². The van der Waals surface area contributed by atoms with E-state index in [-0.39, 0.29) is 16.5 Å². The first-order chi connectivity index (χ1) is 17.4. The molecule has 182 valence electrons. The molecule has 0 spiro atoms. The second kappa shape index (κ2) is 9.59. The number of benzene rings is 3. The molecule has 0 aliphatic heterocycles. The first kappa shape index (κ1) is 23.2. The molecule has 0 bridgehead atoms. The van der Waals surface area contributed by atoms with Crippen LogP contribution in [0.15, 0.2) is 99.1 Å². The van der Waals surface area contributed by atoms with E-state index in [0.717, 1.165) is 0 Å². The molecule has 0 saturated carbocycles. The number of oxazole rings is 1. The van der Waals surface area contributed by atoms with Crippen LogP contribution in [0.3, 0.4) is 0 Å². The van der Waals surface area contributed by atoms with Gasteiger partial charge >= 0.3 is 0 Å². The molecule has 0 aliphatic rings. The molecule has 0 aliphatic carbocycles. The molecular formula is C26H21N3O6S. The third kappa shape index (κ3) is 4.66. The molecular weight excluding hydrogens is 482 g/mol. The molecule has 36 heavy (non-hydrogen) atoms. The Hall–Kier alpha value is -4.57. The topological polar surface area (TPSA) is 117 Å². The number of aryl methyl sites for hydroxylation is 1. The third-order valence-corrected chi connectivity index (χ3v) is 6.87. The van der Waals surface area contributed by atoms with Crippen LogP contribution in [0.5, 0.6) is 11.5 Å². The van der Waals surface area contributed by atoms with Crippen molar-refractivity contribution in [3.63, 3.8) is 0 Å². The van der Waals surface area contributed by atoms with Crippen molar-refractivity contribution in [3.8, 4) is 34.1 Å². The van der Waals surface area contributed by atoms with Crippen LogP contribution in [0.1, 0.15) is 11.3 Å². The van der Waals surface area contributed by atoms with Gasteiger partial charge in [-0.05, 0) is 50.2 Å². The van der Waals surface area contributed by atoms with Gasteiger partial charge in [-0.2, -0.15) is 0 Å². The van der Waals surface area contributed by atoms with Gasteiger partial charge in [-0.15, -0.1) is 0 Å². The minimum atomic E-state index is -4.05. The fourth-order valence-corrected chi connectivity index (χ4v) is 4.76. The molecule has 0 amide bonds. The molecule has 2 aromatic heterocycles. The standard InChI is InChI=1S/C26H21N3O6S/c1-17-18(2)28-33-25(17)29-36(30,31)24-11-7-6-10-22(24)21-13-12-19(26-27-14-15-32-26)16-23(21)35-34-20-8-4-3-5-9-20/h3-16,29H,1-2H3. The average molecular weight is 504 g/mol. The summed E-state index contributed by atoms with van der Waals surface area (Å²) in [5.41, 5.74) is 2.70. The first-order valence-corrected chi connectivity index (χ1v) is 12.4. The minimum absolute atomic E-state index is 0.0203. The van der Waals surface area contributed by atoms with Gasteiger partial charge in [0.05, 0.1) is 16.8 Å². The maximum absolute atomic E-state index is 13.4. The van der Waals surface area contributed by atoms with Gasteiger partial charge in [0.15, 0.2) is 11.5 Å². The Bertz CT molecular complexity index is 1600. The fraction of sp³-hybridized carbons (Fsp3) is 0.0769. The zero-order valence-corrected chi connectivity index (χ0v) is 20.2. The van der Waals surface area contributed by atoms with Gasteiger partial charge in [-0.1, -0.05) is 41.6 Å². The highest BCUT2D eigenvalue weighted by Crippen LogP contribution is 2.38. The van der Waals surface area contributed by atoms with Crippen LogP contribution in [0, 0.1) is 13.8 Å². The van der Waals surface area contributed by atoms with Crippen molar-refractivity contribution in [1.82, 2.24) is 10.1 Å². The van der Waals surface area contributed by atoms with E-state index in [1.807, 2.05) is 18.2 Å². The van der Waals surface area contributed by atoms with Crippen molar-refractivity contribution in [3.05, 3.63) is 96.5 Å². The molecule has 0 saturated heterocycles. The van der Waals surface area contributed by atoms with E-state index in [2.05, 4.69) is 14.9 Å². The van der Waals surface area contributed by atoms with Crippen molar-refractivity contribution < 1.29 is 27.1 Å². The van der Waals surface area contributed by atoms with Crippen molar-refractivity contribution in [2.24, 2.45) is 0 Å². The molecule has 2 heterocycles. The molecule has 3 aromatic carbocycles. The van der Waals surface area contributed by atoms with Crippen LogP contribution in [0.4, 0.5) is 5.88 Å². The number of para-hydroxylation sites is 1. The smallest absolute Gasteiger partial charge is 0.264 e. The maximum atomic E-state index is 13.4. The molecule has 0 fully saturated rings. The maximum Gasteiger partial charge on any atom is 0.264 e. The summed E-state index contributed by atoms with van der Waals surface area (Å²) in [6.07, 6.45) is 3.00. The van der Waals surface area contributed by atoms with Gasteiger partial charge in [-0.25, -0.2) is 18.1 Å². The van der Waals surface area contributed by atoms with Gasteiger partial charge in [0.25, 0.3) is 10.0 Å². The van der Waals surface area contributed by atoms with E-state index in [9.17, 15) is 8.42 Å². The Morgan fingerprint density at radius 3 is 2.39 bits per heavy atom. The summed E-state index contributed by atoms with van der Waals surface area (Å²) in [5.74, 6) is 1.18. The van der Waals surface area contributed by atoms with Gasteiger partial charge in [0.2, 0.25) is 11.8 Å². The molecule has 10 heteroatoms. The molecule has 0 unspecified atom stereocenters. The third-order valence-electron chi connectivity index (χ3n) is 5.48. The van der Waals surface area contributed by atoms with Crippen LogP contribution < -0.4 is 14.5 Å². The molecule has 1 N–H and O–H groups in total. The molecule has 9 nitrogen and oxygen atoms in total. The highest BCUT2D eigenvalue weighted by atomic mass is 32.2. The van der Waals surface area contributed by atoms with E-state index in [0.29, 0.717) is 39.6 Å². The normalized spacial score (nSPS) is 11.3. The quantitative estimate of drug-likeness (QED) is 0.209. The number of nitrogens with zero attached hydrogens (tertiary/aromatic N) is 2. The zero-order chi connectivity index (χ0) is 25.1. The van der Waals surface area contributed by atoms with Crippen LogP contribution in [0.25, 0.3) is 22.6 Å². The van der Waals surface area contributed by atoms with Gasteiger partial charge in [0.1, 0.15) is 6.26 Å². The summed E-state index contributed by atoms with van der Waals surface area (Å²) in [5, 5.41) is 3.82. The highest BCUT2D eigenvalue weighted by Gasteiger charge is 2.25. The molecule has 5 aromatic rings. The predicted molar refractivity (Wildman–Crippen MR) is 132 cm³/mol. The Kier molecular flexibility index (Phi) is 6.17. The predicted octanol–water partition coefficient (Wildman–Crippen LogP) is 5.79. The van der Waals surface area contributed by atoms with Crippen molar-refractivity contribution in [2.45, 2.75) is 18.7 Å².